The van der Waals surface area contributed by atoms with Gasteiger partial charge in [0.05, 0.1) is 11.5 Å². The van der Waals surface area contributed by atoms with Crippen LogP contribution in [0.2, 0.25) is 0 Å². The average molecular weight is 409 g/mol. The maximum Gasteiger partial charge on any atom is 0.258 e. The van der Waals surface area contributed by atoms with E-state index in [9.17, 15) is 14.4 Å². The van der Waals surface area contributed by atoms with E-state index in [-0.39, 0.29) is 35.2 Å². The van der Waals surface area contributed by atoms with E-state index in [4.69, 9.17) is 0 Å². The predicted octanol–water partition coefficient (Wildman–Crippen LogP) is 2.63. The van der Waals surface area contributed by atoms with Crippen molar-refractivity contribution in [2.45, 2.75) is 45.4 Å². The van der Waals surface area contributed by atoms with Crippen LogP contribution in [-0.2, 0) is 16.0 Å². The SMILES string of the molecule is CCc1ccc(NC(=O)[C@@H]2CC(=O)Nc3nc(N4CCC[C@H](C)C4)[nH]c(=O)c32)cc1. The lowest BCUT2D eigenvalue weighted by Gasteiger charge is -2.32. The van der Waals surface area contributed by atoms with Gasteiger partial charge in [0.1, 0.15) is 5.82 Å². The summed E-state index contributed by atoms with van der Waals surface area (Å²) in [6.45, 7) is 5.83. The Balaban J connectivity index is 1.61. The van der Waals surface area contributed by atoms with Gasteiger partial charge in [-0.2, -0.15) is 4.98 Å². The van der Waals surface area contributed by atoms with Gasteiger partial charge in [-0.25, -0.2) is 0 Å². The molecule has 1 fully saturated rings. The van der Waals surface area contributed by atoms with E-state index in [1.807, 2.05) is 29.2 Å². The molecule has 2 aromatic rings. The monoisotopic (exact) mass is 409 g/mol. The van der Waals surface area contributed by atoms with Gasteiger partial charge >= 0.3 is 0 Å². The molecule has 0 spiro atoms. The number of aromatic amines is 1. The van der Waals surface area contributed by atoms with E-state index in [1.54, 1.807) is 0 Å². The van der Waals surface area contributed by atoms with E-state index in [0.29, 0.717) is 17.6 Å². The maximum absolute atomic E-state index is 12.9. The molecule has 158 valence electrons. The van der Waals surface area contributed by atoms with Gasteiger partial charge in [0.2, 0.25) is 17.8 Å². The van der Waals surface area contributed by atoms with Crippen LogP contribution >= 0.6 is 0 Å². The zero-order valence-electron chi connectivity index (χ0n) is 17.3. The minimum Gasteiger partial charge on any atom is -0.342 e. The van der Waals surface area contributed by atoms with Gasteiger partial charge in [-0.05, 0) is 42.9 Å². The Bertz CT molecular complexity index is 1010. The molecule has 0 aliphatic carbocycles. The molecule has 0 radical (unpaired) electrons. The Morgan fingerprint density at radius 2 is 2.03 bits per heavy atom. The van der Waals surface area contributed by atoms with Crippen molar-refractivity contribution in [3.63, 3.8) is 0 Å². The third-order valence-electron chi connectivity index (χ3n) is 5.84. The summed E-state index contributed by atoms with van der Waals surface area (Å²) in [5.74, 6) is -0.453. The van der Waals surface area contributed by atoms with Crippen molar-refractivity contribution >= 4 is 29.3 Å². The van der Waals surface area contributed by atoms with Gasteiger partial charge in [-0.1, -0.05) is 26.0 Å². The lowest BCUT2D eigenvalue weighted by atomic mass is 9.92. The fourth-order valence-corrected chi connectivity index (χ4v) is 4.17. The molecule has 30 heavy (non-hydrogen) atoms. The lowest BCUT2D eigenvalue weighted by molar-refractivity contribution is -0.123. The predicted molar refractivity (Wildman–Crippen MR) is 116 cm³/mol. The number of piperidine rings is 1. The number of hydrogen-bond acceptors (Lipinski definition) is 5. The van der Waals surface area contributed by atoms with Crippen molar-refractivity contribution in [1.82, 2.24) is 9.97 Å². The number of nitrogens with one attached hydrogen (secondary N) is 3. The van der Waals surface area contributed by atoms with E-state index in [1.165, 1.54) is 0 Å². The van der Waals surface area contributed by atoms with Crippen LogP contribution in [0.4, 0.5) is 17.5 Å². The second-order valence-corrected chi connectivity index (χ2v) is 8.19. The van der Waals surface area contributed by atoms with Crippen molar-refractivity contribution in [2.24, 2.45) is 5.92 Å². The number of nitrogens with zero attached hydrogens (tertiary/aromatic N) is 2. The van der Waals surface area contributed by atoms with Gasteiger partial charge in [0.15, 0.2) is 0 Å². The summed E-state index contributed by atoms with van der Waals surface area (Å²) in [5, 5.41) is 5.50. The molecule has 8 heteroatoms. The molecular formula is C22H27N5O3. The first-order valence-electron chi connectivity index (χ1n) is 10.5. The van der Waals surface area contributed by atoms with Crippen molar-refractivity contribution < 1.29 is 9.59 Å². The van der Waals surface area contributed by atoms with E-state index in [2.05, 4.69) is 34.4 Å². The van der Waals surface area contributed by atoms with Crippen LogP contribution in [0.1, 0.15) is 50.2 Å². The third kappa shape index (κ3) is 4.08. The molecule has 2 aliphatic heterocycles. The molecule has 3 heterocycles. The third-order valence-corrected chi connectivity index (χ3v) is 5.84. The van der Waals surface area contributed by atoms with Crippen LogP contribution in [0.25, 0.3) is 0 Å². The van der Waals surface area contributed by atoms with Crippen LogP contribution in [0, 0.1) is 5.92 Å². The van der Waals surface area contributed by atoms with Crippen LogP contribution < -0.4 is 21.1 Å². The van der Waals surface area contributed by atoms with Gasteiger partial charge in [-0.15, -0.1) is 0 Å². The number of carbonyl (C=O) groups excluding carboxylic acids is 2. The number of hydrogen-bond donors (Lipinski definition) is 3. The normalized spacial score (nSPS) is 21.0. The lowest BCUT2D eigenvalue weighted by Crippen LogP contribution is -2.40. The largest absolute Gasteiger partial charge is 0.342 e. The molecule has 1 aromatic heterocycles. The summed E-state index contributed by atoms with van der Waals surface area (Å²) in [6.07, 6.45) is 2.99. The number of aryl methyl sites for hydroxylation is 1. The van der Waals surface area contributed by atoms with Crippen molar-refractivity contribution in [3.8, 4) is 0 Å². The number of benzene rings is 1. The first kappa shape index (κ1) is 20.1. The Labute approximate surface area is 175 Å². The second-order valence-electron chi connectivity index (χ2n) is 8.19. The summed E-state index contributed by atoms with van der Waals surface area (Å²) >= 11 is 0. The number of aromatic nitrogens is 2. The Kier molecular flexibility index (Phi) is 5.57. The molecule has 0 saturated carbocycles. The Morgan fingerprint density at radius 3 is 2.73 bits per heavy atom. The highest BCUT2D eigenvalue weighted by molar-refractivity contribution is 6.04. The highest BCUT2D eigenvalue weighted by atomic mass is 16.2. The minimum atomic E-state index is -0.884. The number of amides is 2. The number of anilines is 3. The van der Waals surface area contributed by atoms with Crippen molar-refractivity contribution in [3.05, 3.63) is 45.7 Å². The molecule has 4 rings (SSSR count). The molecule has 1 aromatic carbocycles. The summed E-state index contributed by atoms with van der Waals surface area (Å²) < 4.78 is 0. The van der Waals surface area contributed by atoms with Gasteiger partial charge in [0.25, 0.3) is 5.56 Å². The number of carbonyl (C=O) groups is 2. The van der Waals surface area contributed by atoms with E-state index >= 15 is 0 Å². The quantitative estimate of drug-likeness (QED) is 0.720. The van der Waals surface area contributed by atoms with Gasteiger partial charge in [0, 0.05) is 25.2 Å². The van der Waals surface area contributed by atoms with Gasteiger partial charge in [-0.3, -0.25) is 19.4 Å². The van der Waals surface area contributed by atoms with Crippen LogP contribution in [0.15, 0.2) is 29.1 Å². The molecule has 2 atom stereocenters. The summed E-state index contributed by atoms with van der Waals surface area (Å²) in [4.78, 5) is 47.5. The fourth-order valence-electron chi connectivity index (χ4n) is 4.17. The molecule has 0 bridgehead atoms. The molecule has 2 aliphatic rings. The summed E-state index contributed by atoms with van der Waals surface area (Å²) in [5.41, 5.74) is 1.63. The van der Waals surface area contributed by atoms with Crippen LogP contribution in [0.5, 0.6) is 0 Å². The smallest absolute Gasteiger partial charge is 0.258 e. The van der Waals surface area contributed by atoms with Crippen LogP contribution in [0.3, 0.4) is 0 Å². The number of fused-ring (bicyclic) bond motifs is 1. The summed E-state index contributed by atoms with van der Waals surface area (Å²) in [7, 11) is 0. The molecule has 1 saturated heterocycles. The first-order valence-corrected chi connectivity index (χ1v) is 10.5. The standard InChI is InChI=1S/C22H27N5O3/c1-3-14-6-8-15(9-7-14)23-20(29)16-11-17(28)24-19-18(16)21(30)26-22(25-19)27-10-4-5-13(2)12-27/h6-9,13,16H,3-5,10-12H2,1-2H3,(H,23,29)(H2,24,25,26,28,30)/t13-,16+/m0/s1. The fraction of sp³-hybridized carbons (Fsp3) is 0.455. The zero-order chi connectivity index (χ0) is 21.3. The Hall–Kier alpha value is -3.16. The molecule has 2 amide bonds. The molecule has 8 nitrogen and oxygen atoms in total. The first-order chi connectivity index (χ1) is 14.4. The van der Waals surface area contributed by atoms with Crippen molar-refractivity contribution in [1.29, 1.82) is 0 Å². The minimum absolute atomic E-state index is 0.0866. The van der Waals surface area contributed by atoms with Crippen molar-refractivity contribution in [2.75, 3.05) is 28.6 Å². The number of rotatable bonds is 4. The van der Waals surface area contributed by atoms with E-state index < -0.39 is 5.92 Å². The maximum atomic E-state index is 12.9. The van der Waals surface area contributed by atoms with Crippen LogP contribution in [-0.4, -0.2) is 34.9 Å². The Morgan fingerprint density at radius 1 is 1.27 bits per heavy atom. The molecule has 3 N–H and O–H groups in total. The summed E-state index contributed by atoms with van der Waals surface area (Å²) in [6, 6.07) is 7.53. The second kappa shape index (κ2) is 8.30. The highest BCUT2D eigenvalue weighted by Gasteiger charge is 2.35. The molecule has 0 unspecified atom stereocenters. The molecular weight excluding hydrogens is 382 g/mol. The number of H-pyrrole nitrogens is 1. The highest BCUT2D eigenvalue weighted by Crippen LogP contribution is 2.31. The average Bonchev–Trinajstić information content (AvgIpc) is 2.73. The topological polar surface area (TPSA) is 107 Å². The van der Waals surface area contributed by atoms with E-state index in [0.717, 1.165) is 37.9 Å². The van der Waals surface area contributed by atoms with Gasteiger partial charge < -0.3 is 15.5 Å². The zero-order valence-corrected chi connectivity index (χ0v) is 17.3.